The molecule has 0 aliphatic heterocycles. The largest absolute Gasteiger partial charge is 0.392 e. The van der Waals surface area contributed by atoms with Gasteiger partial charge in [-0.05, 0) is 17.5 Å². The van der Waals surface area contributed by atoms with Crippen LogP contribution in [0.25, 0.3) is 10.9 Å². The molecule has 1 atom stereocenters. The zero-order valence-corrected chi connectivity index (χ0v) is 10.6. The van der Waals surface area contributed by atoms with Crippen LogP contribution in [0.4, 0.5) is 0 Å². The number of para-hydroxylation sites is 1. The van der Waals surface area contributed by atoms with E-state index in [1.807, 2.05) is 51.1 Å². The van der Waals surface area contributed by atoms with Crippen molar-refractivity contribution in [3.63, 3.8) is 0 Å². The molecule has 2 nitrogen and oxygen atoms in total. The second-order valence-electron chi connectivity index (χ2n) is 5.58. The van der Waals surface area contributed by atoms with Crippen LogP contribution in [0.3, 0.4) is 0 Å². The number of nitrogens with zero attached hydrogens (tertiary/aromatic N) is 1. The first-order valence-corrected chi connectivity index (χ1v) is 5.99. The lowest BCUT2D eigenvalue weighted by molar-refractivity contribution is 0.0628. The summed E-state index contributed by atoms with van der Waals surface area (Å²) >= 11 is 0. The fraction of sp³-hybridized carbons (Fsp3) is 0.400. The van der Waals surface area contributed by atoms with Gasteiger partial charge in [-0.3, -0.25) is 4.98 Å². The predicted molar refractivity (Wildman–Crippen MR) is 70.9 cm³/mol. The number of rotatable bonds is 2. The zero-order valence-electron chi connectivity index (χ0n) is 10.6. The molecule has 2 heteroatoms. The molecule has 2 rings (SSSR count). The van der Waals surface area contributed by atoms with Crippen LogP contribution in [0.15, 0.2) is 36.4 Å². The van der Waals surface area contributed by atoms with Crippen LogP contribution in [0.2, 0.25) is 0 Å². The lowest BCUT2D eigenvalue weighted by Crippen LogP contribution is -2.28. The minimum Gasteiger partial charge on any atom is -0.392 e. The fourth-order valence-electron chi connectivity index (χ4n) is 1.73. The fourth-order valence-corrected chi connectivity index (χ4v) is 1.73. The summed E-state index contributed by atoms with van der Waals surface area (Å²) in [6.45, 7) is 6.12. The third kappa shape index (κ3) is 2.83. The smallest absolute Gasteiger partial charge is 0.0705 e. The van der Waals surface area contributed by atoms with Crippen LogP contribution < -0.4 is 0 Å². The van der Waals surface area contributed by atoms with E-state index in [9.17, 15) is 5.11 Å². The normalized spacial score (nSPS) is 13.9. The number of aliphatic hydroxyl groups excluding tert-OH is 1. The SMILES string of the molecule is CC(C)(C)C(O)Cc1ccc2ccccc2n1. The van der Waals surface area contributed by atoms with E-state index < -0.39 is 0 Å². The minimum absolute atomic E-state index is 0.104. The zero-order chi connectivity index (χ0) is 12.5. The van der Waals surface area contributed by atoms with Gasteiger partial charge >= 0.3 is 0 Å². The van der Waals surface area contributed by atoms with E-state index in [1.54, 1.807) is 0 Å². The molecule has 0 fully saturated rings. The van der Waals surface area contributed by atoms with Crippen LogP contribution in [0, 0.1) is 5.41 Å². The lowest BCUT2D eigenvalue weighted by Gasteiger charge is -2.25. The summed E-state index contributed by atoms with van der Waals surface area (Å²) in [6, 6.07) is 12.1. The van der Waals surface area contributed by atoms with Crippen molar-refractivity contribution >= 4 is 10.9 Å². The standard InChI is InChI=1S/C15H19NO/c1-15(2,3)14(17)10-12-9-8-11-6-4-5-7-13(11)16-12/h4-9,14,17H,10H2,1-3H3. The molecular weight excluding hydrogens is 210 g/mol. The molecule has 0 amide bonds. The van der Waals surface area contributed by atoms with Crippen LogP contribution in [-0.4, -0.2) is 16.2 Å². The van der Waals surface area contributed by atoms with E-state index >= 15 is 0 Å². The van der Waals surface area contributed by atoms with Gasteiger partial charge in [0.2, 0.25) is 0 Å². The van der Waals surface area contributed by atoms with Crippen molar-refractivity contribution < 1.29 is 5.11 Å². The molecule has 0 saturated carbocycles. The van der Waals surface area contributed by atoms with Crippen molar-refractivity contribution in [3.8, 4) is 0 Å². The number of hydrogen-bond donors (Lipinski definition) is 1. The Labute approximate surface area is 102 Å². The molecule has 0 aliphatic rings. The minimum atomic E-state index is -0.365. The Morgan fingerprint density at radius 2 is 1.82 bits per heavy atom. The van der Waals surface area contributed by atoms with E-state index in [-0.39, 0.29) is 11.5 Å². The summed E-state index contributed by atoms with van der Waals surface area (Å²) < 4.78 is 0. The molecule has 0 spiro atoms. The van der Waals surface area contributed by atoms with E-state index in [0.717, 1.165) is 16.6 Å². The topological polar surface area (TPSA) is 33.1 Å². The Kier molecular flexibility index (Phi) is 3.16. The van der Waals surface area contributed by atoms with E-state index in [4.69, 9.17) is 0 Å². The molecule has 90 valence electrons. The number of hydrogen-bond acceptors (Lipinski definition) is 2. The highest BCUT2D eigenvalue weighted by Gasteiger charge is 2.22. The maximum atomic E-state index is 10.1. The summed E-state index contributed by atoms with van der Waals surface area (Å²) in [7, 11) is 0. The molecule has 1 unspecified atom stereocenters. The Hall–Kier alpha value is -1.41. The van der Waals surface area contributed by atoms with Gasteiger partial charge in [0.1, 0.15) is 0 Å². The predicted octanol–water partition coefficient (Wildman–Crippen LogP) is 3.18. The molecule has 1 aromatic heterocycles. The van der Waals surface area contributed by atoms with Crippen LogP contribution in [-0.2, 0) is 6.42 Å². The third-order valence-corrected chi connectivity index (χ3v) is 3.06. The lowest BCUT2D eigenvalue weighted by atomic mass is 9.86. The van der Waals surface area contributed by atoms with Gasteiger partial charge < -0.3 is 5.11 Å². The van der Waals surface area contributed by atoms with Gasteiger partial charge in [0, 0.05) is 17.5 Å². The van der Waals surface area contributed by atoms with Crippen molar-refractivity contribution in [1.82, 2.24) is 4.98 Å². The van der Waals surface area contributed by atoms with E-state index in [0.29, 0.717) is 6.42 Å². The molecule has 1 N–H and O–H groups in total. The first-order chi connectivity index (χ1) is 7.97. The highest BCUT2D eigenvalue weighted by molar-refractivity contribution is 5.78. The van der Waals surface area contributed by atoms with Crippen molar-refractivity contribution in [1.29, 1.82) is 0 Å². The molecule has 0 radical (unpaired) electrons. The van der Waals surface area contributed by atoms with Gasteiger partial charge in [-0.1, -0.05) is 45.0 Å². The molecule has 1 heterocycles. The van der Waals surface area contributed by atoms with E-state index in [1.165, 1.54) is 0 Å². The summed E-state index contributed by atoms with van der Waals surface area (Å²) in [5, 5.41) is 11.2. The summed E-state index contributed by atoms with van der Waals surface area (Å²) in [5.41, 5.74) is 1.84. The molecule has 17 heavy (non-hydrogen) atoms. The number of benzene rings is 1. The quantitative estimate of drug-likeness (QED) is 0.858. The Morgan fingerprint density at radius 3 is 2.53 bits per heavy atom. The maximum absolute atomic E-state index is 10.1. The first-order valence-electron chi connectivity index (χ1n) is 5.99. The maximum Gasteiger partial charge on any atom is 0.0705 e. The second-order valence-corrected chi connectivity index (χ2v) is 5.58. The molecule has 0 bridgehead atoms. The molecule has 1 aromatic carbocycles. The molecule has 0 aliphatic carbocycles. The molecule has 2 aromatic rings. The number of aliphatic hydroxyl groups is 1. The second kappa shape index (κ2) is 4.46. The summed E-state index contributed by atoms with van der Waals surface area (Å²) in [4.78, 5) is 4.57. The van der Waals surface area contributed by atoms with Crippen molar-refractivity contribution in [2.45, 2.75) is 33.3 Å². The van der Waals surface area contributed by atoms with Crippen molar-refractivity contribution in [3.05, 3.63) is 42.1 Å². The summed E-state index contributed by atoms with van der Waals surface area (Å²) in [5.74, 6) is 0. The summed E-state index contributed by atoms with van der Waals surface area (Å²) in [6.07, 6.45) is 0.241. The number of pyridine rings is 1. The van der Waals surface area contributed by atoms with Gasteiger partial charge in [-0.25, -0.2) is 0 Å². The van der Waals surface area contributed by atoms with Crippen LogP contribution in [0.1, 0.15) is 26.5 Å². The Morgan fingerprint density at radius 1 is 1.12 bits per heavy atom. The van der Waals surface area contributed by atoms with Gasteiger partial charge in [-0.15, -0.1) is 0 Å². The van der Waals surface area contributed by atoms with Crippen LogP contribution >= 0.6 is 0 Å². The van der Waals surface area contributed by atoms with Gasteiger partial charge in [0.25, 0.3) is 0 Å². The first kappa shape index (κ1) is 12.1. The average molecular weight is 229 g/mol. The van der Waals surface area contributed by atoms with Crippen LogP contribution in [0.5, 0.6) is 0 Å². The number of fused-ring (bicyclic) bond motifs is 1. The van der Waals surface area contributed by atoms with Gasteiger partial charge in [0.15, 0.2) is 0 Å². The van der Waals surface area contributed by atoms with Gasteiger partial charge in [0.05, 0.1) is 11.6 Å². The van der Waals surface area contributed by atoms with Crippen molar-refractivity contribution in [2.75, 3.05) is 0 Å². The Balaban J connectivity index is 2.25. The average Bonchev–Trinajstić information content (AvgIpc) is 2.27. The molecule has 0 saturated heterocycles. The molecular formula is C15H19NO. The highest BCUT2D eigenvalue weighted by Crippen LogP contribution is 2.22. The monoisotopic (exact) mass is 229 g/mol. The Bertz CT molecular complexity index is 514. The number of aromatic nitrogens is 1. The highest BCUT2D eigenvalue weighted by atomic mass is 16.3. The van der Waals surface area contributed by atoms with Crippen molar-refractivity contribution in [2.24, 2.45) is 5.41 Å². The van der Waals surface area contributed by atoms with Gasteiger partial charge in [-0.2, -0.15) is 0 Å². The third-order valence-electron chi connectivity index (χ3n) is 3.06. The van der Waals surface area contributed by atoms with E-state index in [2.05, 4.69) is 11.1 Å².